The minimum absolute atomic E-state index is 1.04. The van der Waals surface area contributed by atoms with Gasteiger partial charge in [-0.15, -0.1) is 5.73 Å². The normalized spacial score (nSPS) is 16.8. The van der Waals surface area contributed by atoms with Gasteiger partial charge in [-0.1, -0.05) is 18.2 Å². The molecular formula is C9H10. The lowest BCUT2D eigenvalue weighted by Gasteiger charge is -1.88. The van der Waals surface area contributed by atoms with Crippen molar-refractivity contribution in [3.05, 3.63) is 41.7 Å². The molecule has 0 saturated heterocycles. The van der Waals surface area contributed by atoms with E-state index >= 15 is 0 Å². The van der Waals surface area contributed by atoms with E-state index in [0.717, 1.165) is 6.42 Å². The molecule has 46 valence electrons. The predicted molar refractivity (Wildman–Crippen MR) is 40.2 cm³/mol. The van der Waals surface area contributed by atoms with Gasteiger partial charge in [-0.2, -0.15) is 0 Å². The van der Waals surface area contributed by atoms with E-state index in [9.17, 15) is 0 Å². The first kappa shape index (κ1) is 6.12. The van der Waals surface area contributed by atoms with Gasteiger partial charge in [0.15, 0.2) is 0 Å². The Labute approximate surface area is 55.9 Å². The summed E-state index contributed by atoms with van der Waals surface area (Å²) in [4.78, 5) is 0. The van der Waals surface area contributed by atoms with Crippen LogP contribution in [0.15, 0.2) is 41.7 Å². The summed E-state index contributed by atoms with van der Waals surface area (Å²) in [5.41, 5.74) is 4.32. The maximum absolute atomic E-state index is 3.03. The van der Waals surface area contributed by atoms with Crippen molar-refractivity contribution < 1.29 is 0 Å². The number of hydrogen-bond donors (Lipinski definition) is 0. The summed E-state index contributed by atoms with van der Waals surface area (Å²) in [7, 11) is 0. The van der Waals surface area contributed by atoms with Crippen LogP contribution in [-0.4, -0.2) is 0 Å². The fourth-order valence-corrected chi connectivity index (χ4v) is 0.695. The van der Waals surface area contributed by atoms with Crippen molar-refractivity contribution in [2.45, 2.75) is 13.3 Å². The fourth-order valence-electron chi connectivity index (χ4n) is 0.695. The van der Waals surface area contributed by atoms with Gasteiger partial charge in [-0.05, 0) is 31.1 Å². The molecule has 0 amide bonds. The Morgan fingerprint density at radius 3 is 3.33 bits per heavy atom. The molecule has 0 heteroatoms. The van der Waals surface area contributed by atoms with E-state index in [0.29, 0.717) is 0 Å². The van der Waals surface area contributed by atoms with E-state index in [2.05, 4.69) is 24.8 Å². The van der Waals surface area contributed by atoms with E-state index in [1.807, 2.05) is 18.2 Å². The third-order valence-electron chi connectivity index (χ3n) is 1.22. The molecule has 0 saturated carbocycles. The predicted octanol–water partition coefficient (Wildman–Crippen LogP) is 2.60. The third-order valence-corrected chi connectivity index (χ3v) is 1.22. The van der Waals surface area contributed by atoms with Gasteiger partial charge in [-0.3, -0.25) is 0 Å². The highest BCUT2D eigenvalue weighted by atomic mass is 13.8. The molecule has 0 unspecified atom stereocenters. The maximum Gasteiger partial charge on any atom is -0.0160 e. The van der Waals surface area contributed by atoms with Crippen LogP contribution in [0, 0.1) is 0 Å². The van der Waals surface area contributed by atoms with Gasteiger partial charge >= 0.3 is 0 Å². The van der Waals surface area contributed by atoms with Gasteiger partial charge in [0.1, 0.15) is 0 Å². The summed E-state index contributed by atoms with van der Waals surface area (Å²) in [5, 5.41) is 0. The zero-order chi connectivity index (χ0) is 6.53. The zero-order valence-electron chi connectivity index (χ0n) is 5.59. The van der Waals surface area contributed by atoms with Crippen LogP contribution in [0.5, 0.6) is 0 Å². The Kier molecular flexibility index (Phi) is 2.12. The van der Waals surface area contributed by atoms with Crippen LogP contribution >= 0.6 is 0 Å². The largest absolute Gasteiger partial charge is 0.121 e. The van der Waals surface area contributed by atoms with Crippen molar-refractivity contribution in [1.82, 2.24) is 0 Å². The molecule has 0 fully saturated rings. The Morgan fingerprint density at radius 1 is 1.56 bits per heavy atom. The highest BCUT2D eigenvalue weighted by molar-refractivity contribution is 5.20. The van der Waals surface area contributed by atoms with Crippen LogP contribution in [-0.2, 0) is 0 Å². The van der Waals surface area contributed by atoms with Crippen LogP contribution in [0.2, 0.25) is 0 Å². The average molecular weight is 118 g/mol. The molecule has 1 rings (SSSR count). The summed E-state index contributed by atoms with van der Waals surface area (Å²) in [5.74, 6) is 0. The van der Waals surface area contributed by atoms with E-state index in [1.165, 1.54) is 5.57 Å². The first-order valence-electron chi connectivity index (χ1n) is 3.14. The number of allylic oxidation sites excluding steroid dienone is 5. The molecule has 0 aliphatic heterocycles. The van der Waals surface area contributed by atoms with Crippen molar-refractivity contribution in [1.29, 1.82) is 0 Å². The molecule has 0 N–H and O–H groups in total. The van der Waals surface area contributed by atoms with Gasteiger partial charge in [0.25, 0.3) is 0 Å². The molecule has 9 heavy (non-hydrogen) atoms. The molecule has 0 nitrogen and oxygen atoms in total. The van der Waals surface area contributed by atoms with Gasteiger partial charge in [0.2, 0.25) is 0 Å². The Balaban J connectivity index is 2.82. The molecule has 0 spiro atoms. The molecule has 0 aromatic rings. The minimum Gasteiger partial charge on any atom is -0.121 e. The van der Waals surface area contributed by atoms with Crippen molar-refractivity contribution in [3.8, 4) is 0 Å². The number of rotatable bonds is 0. The smallest absolute Gasteiger partial charge is 0.0160 e. The van der Waals surface area contributed by atoms with Gasteiger partial charge in [0.05, 0.1) is 0 Å². The summed E-state index contributed by atoms with van der Waals surface area (Å²) < 4.78 is 0. The average Bonchev–Trinajstić information content (AvgIpc) is 1.79. The highest BCUT2D eigenvalue weighted by Crippen LogP contribution is 1.99. The van der Waals surface area contributed by atoms with Crippen LogP contribution < -0.4 is 0 Å². The van der Waals surface area contributed by atoms with Gasteiger partial charge in [-0.25, -0.2) is 0 Å². The Hall–Kier alpha value is -1.00. The minimum atomic E-state index is 1.04. The van der Waals surface area contributed by atoms with Crippen LogP contribution in [0.25, 0.3) is 0 Å². The van der Waals surface area contributed by atoms with E-state index < -0.39 is 0 Å². The number of hydrogen-bond acceptors (Lipinski definition) is 0. The highest BCUT2D eigenvalue weighted by Gasteiger charge is 1.79. The SMILES string of the molecule is CC1=CCC=CC=C=C1. The fraction of sp³-hybridized carbons (Fsp3) is 0.222. The van der Waals surface area contributed by atoms with Crippen molar-refractivity contribution in [3.63, 3.8) is 0 Å². The monoisotopic (exact) mass is 118 g/mol. The summed E-state index contributed by atoms with van der Waals surface area (Å²) >= 11 is 0. The lowest BCUT2D eigenvalue weighted by molar-refractivity contribution is 1.33. The molecule has 0 bridgehead atoms. The first-order chi connectivity index (χ1) is 4.39. The lowest BCUT2D eigenvalue weighted by Crippen LogP contribution is -1.68. The summed E-state index contributed by atoms with van der Waals surface area (Å²) in [6, 6.07) is 0. The maximum atomic E-state index is 3.03. The van der Waals surface area contributed by atoms with Crippen molar-refractivity contribution >= 4 is 0 Å². The van der Waals surface area contributed by atoms with E-state index in [4.69, 9.17) is 0 Å². The Bertz CT molecular complexity index is 198. The molecule has 0 atom stereocenters. The molecule has 1 aliphatic rings. The van der Waals surface area contributed by atoms with Crippen molar-refractivity contribution in [2.75, 3.05) is 0 Å². The second-order valence-electron chi connectivity index (χ2n) is 2.09. The van der Waals surface area contributed by atoms with E-state index in [-0.39, 0.29) is 0 Å². The standard InChI is InChI=1S/C9H10/c1-9-7-5-3-2-4-6-8-9/h2-4,7-8H,5H2,1H3. The van der Waals surface area contributed by atoms with Crippen LogP contribution in [0.4, 0.5) is 0 Å². The Morgan fingerprint density at radius 2 is 2.44 bits per heavy atom. The van der Waals surface area contributed by atoms with E-state index in [1.54, 1.807) is 0 Å². The second-order valence-corrected chi connectivity index (χ2v) is 2.09. The molecular weight excluding hydrogens is 108 g/mol. The molecule has 0 aromatic carbocycles. The summed E-state index contributed by atoms with van der Waals surface area (Å²) in [6.45, 7) is 2.08. The van der Waals surface area contributed by atoms with Crippen molar-refractivity contribution in [2.24, 2.45) is 0 Å². The molecule has 0 radical (unpaired) electrons. The quantitative estimate of drug-likeness (QED) is 0.429. The third kappa shape index (κ3) is 2.16. The zero-order valence-corrected chi connectivity index (χ0v) is 5.59. The summed E-state index contributed by atoms with van der Waals surface area (Å²) in [6.07, 6.45) is 11.3. The van der Waals surface area contributed by atoms with Gasteiger partial charge < -0.3 is 0 Å². The van der Waals surface area contributed by atoms with Crippen LogP contribution in [0.3, 0.4) is 0 Å². The van der Waals surface area contributed by atoms with Crippen LogP contribution in [0.1, 0.15) is 13.3 Å². The molecule has 0 aromatic heterocycles. The topological polar surface area (TPSA) is 0 Å². The second kappa shape index (κ2) is 3.11. The molecule has 1 aliphatic carbocycles. The first-order valence-corrected chi connectivity index (χ1v) is 3.14. The lowest BCUT2D eigenvalue weighted by atomic mass is 10.2. The molecule has 0 heterocycles. The van der Waals surface area contributed by atoms with Gasteiger partial charge in [0, 0.05) is 0 Å².